The summed E-state index contributed by atoms with van der Waals surface area (Å²) in [7, 11) is 1.70. The van der Waals surface area contributed by atoms with Crippen molar-refractivity contribution in [2.45, 2.75) is 13.0 Å². The number of nitrogens with zero attached hydrogens (tertiary/aromatic N) is 4. The summed E-state index contributed by atoms with van der Waals surface area (Å²) < 4.78 is 19.8. The molecule has 0 saturated carbocycles. The third-order valence-electron chi connectivity index (χ3n) is 4.80. The molecule has 7 nitrogen and oxygen atoms in total. The lowest BCUT2D eigenvalue weighted by molar-refractivity contribution is 0.105. The van der Waals surface area contributed by atoms with Crippen LogP contribution in [0.25, 0.3) is 5.69 Å². The first kappa shape index (κ1) is 19.3. The van der Waals surface area contributed by atoms with E-state index in [2.05, 4.69) is 15.3 Å². The Morgan fingerprint density at radius 1 is 1.26 bits per heavy atom. The predicted octanol–water partition coefficient (Wildman–Crippen LogP) is 2.05. The van der Waals surface area contributed by atoms with Crippen LogP contribution in [0, 0.1) is 5.82 Å². The predicted molar refractivity (Wildman–Crippen MR) is 100 cm³/mol. The van der Waals surface area contributed by atoms with E-state index in [9.17, 15) is 9.18 Å². The highest BCUT2D eigenvalue weighted by molar-refractivity contribution is 5.74. The number of piperazine rings is 1. The van der Waals surface area contributed by atoms with E-state index >= 15 is 0 Å². The number of hydrogen-bond donors (Lipinski definition) is 1. The average Bonchev–Trinajstić information content (AvgIpc) is 3.17. The first-order valence-electron chi connectivity index (χ1n) is 9.14. The Morgan fingerprint density at radius 3 is 2.63 bits per heavy atom. The second kappa shape index (κ2) is 8.96. The standard InChI is InChI=1S/C19H26FN5O2/c1-15(16-13-21-25(14-16)18-5-3-17(20)4-6-18)22-19(26)24-9-7-23(8-10-24)11-12-27-2/h3-6,13-15H,7-12H2,1-2H3,(H,22,26)/t15-/m1/s1. The lowest BCUT2D eigenvalue weighted by Crippen LogP contribution is -2.52. The Morgan fingerprint density at radius 2 is 1.96 bits per heavy atom. The van der Waals surface area contributed by atoms with E-state index in [0.717, 1.165) is 30.9 Å². The molecule has 1 aromatic heterocycles. The maximum absolute atomic E-state index is 13.1. The molecule has 2 aromatic rings. The highest BCUT2D eigenvalue weighted by Crippen LogP contribution is 2.15. The molecule has 2 amide bonds. The molecule has 1 N–H and O–H groups in total. The van der Waals surface area contributed by atoms with Gasteiger partial charge in [-0.05, 0) is 31.2 Å². The number of carbonyl (C=O) groups excluding carboxylic acids is 1. The Kier molecular flexibility index (Phi) is 6.41. The molecule has 0 bridgehead atoms. The number of carbonyl (C=O) groups is 1. The van der Waals surface area contributed by atoms with Gasteiger partial charge in [-0.1, -0.05) is 0 Å². The molecule has 2 heterocycles. The molecule has 0 unspecified atom stereocenters. The molecular weight excluding hydrogens is 349 g/mol. The van der Waals surface area contributed by atoms with Gasteiger partial charge in [0.25, 0.3) is 0 Å². The van der Waals surface area contributed by atoms with E-state index in [-0.39, 0.29) is 17.9 Å². The molecule has 27 heavy (non-hydrogen) atoms. The molecular formula is C19H26FN5O2. The van der Waals surface area contributed by atoms with Crippen LogP contribution in [0.4, 0.5) is 9.18 Å². The molecule has 1 atom stereocenters. The van der Waals surface area contributed by atoms with E-state index in [1.165, 1.54) is 12.1 Å². The zero-order valence-corrected chi connectivity index (χ0v) is 15.8. The fraction of sp³-hybridized carbons (Fsp3) is 0.474. The molecule has 0 aliphatic carbocycles. The number of methoxy groups -OCH3 is 1. The van der Waals surface area contributed by atoms with Crippen LogP contribution in [0.15, 0.2) is 36.7 Å². The van der Waals surface area contributed by atoms with Crippen LogP contribution in [0.3, 0.4) is 0 Å². The number of rotatable bonds is 6. The lowest BCUT2D eigenvalue weighted by atomic mass is 10.2. The van der Waals surface area contributed by atoms with Crippen LogP contribution in [-0.4, -0.2) is 72.1 Å². The summed E-state index contributed by atoms with van der Waals surface area (Å²) in [6.45, 7) is 6.65. The van der Waals surface area contributed by atoms with Crippen LogP contribution in [-0.2, 0) is 4.74 Å². The number of aromatic nitrogens is 2. The number of ether oxygens (including phenoxy) is 1. The minimum absolute atomic E-state index is 0.0663. The van der Waals surface area contributed by atoms with Crippen LogP contribution < -0.4 is 5.32 Å². The minimum Gasteiger partial charge on any atom is -0.383 e. The van der Waals surface area contributed by atoms with E-state index < -0.39 is 0 Å². The summed E-state index contributed by atoms with van der Waals surface area (Å²) >= 11 is 0. The number of benzene rings is 1. The van der Waals surface area contributed by atoms with Gasteiger partial charge in [-0.3, -0.25) is 4.90 Å². The molecule has 0 radical (unpaired) electrons. The number of halogens is 1. The fourth-order valence-corrected chi connectivity index (χ4v) is 3.05. The minimum atomic E-state index is -0.283. The number of hydrogen-bond acceptors (Lipinski definition) is 4. The number of urea groups is 1. The summed E-state index contributed by atoms with van der Waals surface area (Å²) in [4.78, 5) is 16.7. The third-order valence-corrected chi connectivity index (χ3v) is 4.80. The quantitative estimate of drug-likeness (QED) is 0.839. The van der Waals surface area contributed by atoms with Gasteiger partial charge in [0, 0.05) is 51.6 Å². The van der Waals surface area contributed by atoms with Crippen molar-refractivity contribution in [1.82, 2.24) is 24.9 Å². The molecule has 1 aliphatic rings. The zero-order valence-electron chi connectivity index (χ0n) is 15.8. The first-order valence-corrected chi connectivity index (χ1v) is 9.14. The largest absolute Gasteiger partial charge is 0.383 e. The summed E-state index contributed by atoms with van der Waals surface area (Å²) in [5.74, 6) is -0.283. The second-order valence-corrected chi connectivity index (χ2v) is 6.69. The smallest absolute Gasteiger partial charge is 0.317 e. The van der Waals surface area contributed by atoms with Crippen molar-refractivity contribution in [1.29, 1.82) is 0 Å². The molecule has 1 fully saturated rings. The maximum Gasteiger partial charge on any atom is 0.317 e. The van der Waals surface area contributed by atoms with Crippen molar-refractivity contribution >= 4 is 6.03 Å². The van der Waals surface area contributed by atoms with E-state index in [1.54, 1.807) is 30.1 Å². The fourth-order valence-electron chi connectivity index (χ4n) is 3.05. The van der Waals surface area contributed by atoms with Crippen LogP contribution >= 0.6 is 0 Å². The van der Waals surface area contributed by atoms with E-state index in [4.69, 9.17) is 4.74 Å². The van der Waals surface area contributed by atoms with E-state index in [1.807, 2.05) is 18.0 Å². The van der Waals surface area contributed by atoms with Gasteiger partial charge in [0.1, 0.15) is 5.82 Å². The van der Waals surface area contributed by atoms with Crippen molar-refractivity contribution in [2.75, 3.05) is 46.4 Å². The summed E-state index contributed by atoms with van der Waals surface area (Å²) in [5.41, 5.74) is 1.67. The molecule has 3 rings (SSSR count). The SMILES string of the molecule is COCCN1CCN(C(=O)N[C@H](C)c2cnn(-c3ccc(F)cc3)c2)CC1. The van der Waals surface area contributed by atoms with Crippen LogP contribution in [0.5, 0.6) is 0 Å². The van der Waals surface area contributed by atoms with Crippen molar-refractivity contribution in [3.8, 4) is 5.69 Å². The van der Waals surface area contributed by atoms with Gasteiger partial charge in [0.15, 0.2) is 0 Å². The molecule has 1 saturated heterocycles. The Labute approximate surface area is 158 Å². The Bertz CT molecular complexity index is 741. The van der Waals surface area contributed by atoms with Gasteiger partial charge in [0.05, 0.1) is 24.5 Å². The van der Waals surface area contributed by atoms with Crippen molar-refractivity contribution in [2.24, 2.45) is 0 Å². The van der Waals surface area contributed by atoms with Crippen molar-refractivity contribution in [3.05, 3.63) is 48.0 Å². The highest BCUT2D eigenvalue weighted by Gasteiger charge is 2.22. The van der Waals surface area contributed by atoms with Gasteiger partial charge in [-0.15, -0.1) is 0 Å². The normalized spacial score (nSPS) is 16.3. The second-order valence-electron chi connectivity index (χ2n) is 6.69. The topological polar surface area (TPSA) is 62.6 Å². The molecule has 146 valence electrons. The number of nitrogens with one attached hydrogen (secondary N) is 1. The lowest BCUT2D eigenvalue weighted by Gasteiger charge is -2.35. The number of amides is 2. The Hall–Kier alpha value is -2.45. The van der Waals surface area contributed by atoms with Crippen molar-refractivity contribution in [3.63, 3.8) is 0 Å². The molecule has 8 heteroatoms. The average molecular weight is 375 g/mol. The summed E-state index contributed by atoms with van der Waals surface area (Å²) in [6, 6.07) is 5.89. The van der Waals surface area contributed by atoms with Gasteiger partial charge in [-0.2, -0.15) is 5.10 Å². The molecule has 1 aliphatic heterocycles. The monoisotopic (exact) mass is 375 g/mol. The maximum atomic E-state index is 13.1. The van der Waals surface area contributed by atoms with E-state index in [0.29, 0.717) is 19.7 Å². The third kappa shape index (κ3) is 5.05. The molecule has 1 aromatic carbocycles. The van der Waals surface area contributed by atoms with Gasteiger partial charge < -0.3 is 15.0 Å². The first-order chi connectivity index (χ1) is 13.1. The van der Waals surface area contributed by atoms with Gasteiger partial charge in [-0.25, -0.2) is 13.9 Å². The highest BCUT2D eigenvalue weighted by atomic mass is 19.1. The van der Waals surface area contributed by atoms with Crippen molar-refractivity contribution < 1.29 is 13.9 Å². The zero-order chi connectivity index (χ0) is 19.2. The Balaban J connectivity index is 1.52. The van der Waals surface area contributed by atoms with Crippen LogP contribution in [0.2, 0.25) is 0 Å². The summed E-state index contributed by atoms with van der Waals surface area (Å²) in [5, 5.41) is 7.33. The van der Waals surface area contributed by atoms with Crippen LogP contribution in [0.1, 0.15) is 18.5 Å². The molecule has 0 spiro atoms. The summed E-state index contributed by atoms with van der Waals surface area (Å²) in [6.07, 6.45) is 3.57. The van der Waals surface area contributed by atoms with Gasteiger partial charge in [0.2, 0.25) is 0 Å². The van der Waals surface area contributed by atoms with Gasteiger partial charge >= 0.3 is 6.03 Å².